The first-order valence-electron chi connectivity index (χ1n) is 7.75. The van der Waals surface area contributed by atoms with Crippen molar-refractivity contribution in [1.29, 1.82) is 0 Å². The third-order valence-electron chi connectivity index (χ3n) is 3.64. The van der Waals surface area contributed by atoms with E-state index in [1.54, 1.807) is 21.0 Å². The molecule has 7 heteroatoms. The number of nitrogens with one attached hydrogen (secondary N) is 1. The smallest absolute Gasteiger partial charge is 0.339 e. The molecule has 1 atom stereocenters. The molecule has 2 rings (SSSR count). The quantitative estimate of drug-likeness (QED) is 0.761. The fourth-order valence-electron chi connectivity index (χ4n) is 2.22. The molecule has 134 valence electrons. The number of furan rings is 1. The lowest BCUT2D eigenvalue weighted by molar-refractivity contribution is -0.132. The summed E-state index contributed by atoms with van der Waals surface area (Å²) in [7, 11) is 1.59. The van der Waals surface area contributed by atoms with Crippen molar-refractivity contribution in [2.24, 2.45) is 0 Å². The van der Waals surface area contributed by atoms with E-state index in [4.69, 9.17) is 19.0 Å². The molecular weight excluding hydrogens is 326 g/mol. The Bertz CT molecular complexity index is 752. The van der Waals surface area contributed by atoms with Gasteiger partial charge in [-0.25, -0.2) is 4.79 Å². The van der Waals surface area contributed by atoms with Crippen molar-refractivity contribution < 1.29 is 28.6 Å². The van der Waals surface area contributed by atoms with E-state index in [1.165, 1.54) is 6.07 Å². The van der Waals surface area contributed by atoms with Gasteiger partial charge in [0.2, 0.25) is 5.91 Å². The van der Waals surface area contributed by atoms with Gasteiger partial charge in [-0.3, -0.25) is 4.79 Å². The van der Waals surface area contributed by atoms with Gasteiger partial charge in [-0.2, -0.15) is 0 Å². The summed E-state index contributed by atoms with van der Waals surface area (Å²) in [6.07, 6.45) is -0.666. The number of aromatic carboxylic acids is 1. The van der Waals surface area contributed by atoms with Gasteiger partial charge in [-0.05, 0) is 37.6 Å². The van der Waals surface area contributed by atoms with Crippen LogP contribution < -0.4 is 10.1 Å². The summed E-state index contributed by atoms with van der Waals surface area (Å²) in [5.41, 5.74) is 0.985. The number of amides is 1. The van der Waals surface area contributed by atoms with Gasteiger partial charge in [-0.15, -0.1) is 0 Å². The number of methoxy groups -OCH3 is 1. The maximum Gasteiger partial charge on any atom is 0.339 e. The van der Waals surface area contributed by atoms with Crippen LogP contribution in [0.25, 0.3) is 0 Å². The Balaban J connectivity index is 1.83. The lowest BCUT2D eigenvalue weighted by Crippen LogP contribution is -2.33. The lowest BCUT2D eigenvalue weighted by atomic mass is 10.2. The normalized spacial score (nSPS) is 11.8. The van der Waals surface area contributed by atoms with E-state index in [9.17, 15) is 9.59 Å². The van der Waals surface area contributed by atoms with Crippen molar-refractivity contribution in [3.63, 3.8) is 0 Å². The molecule has 0 spiro atoms. The second-order valence-corrected chi connectivity index (χ2v) is 5.51. The summed E-state index contributed by atoms with van der Waals surface area (Å²) in [6, 6.07) is 8.80. The minimum Gasteiger partial charge on any atom is -0.497 e. The average Bonchev–Trinajstić information content (AvgIpc) is 2.98. The van der Waals surface area contributed by atoms with Crippen LogP contribution in [-0.2, 0) is 22.7 Å². The Morgan fingerprint density at radius 1 is 1.32 bits per heavy atom. The monoisotopic (exact) mass is 347 g/mol. The molecule has 1 aromatic heterocycles. The lowest BCUT2D eigenvalue weighted by Gasteiger charge is -2.13. The van der Waals surface area contributed by atoms with Gasteiger partial charge in [-0.1, -0.05) is 12.1 Å². The molecule has 25 heavy (non-hydrogen) atoms. The Morgan fingerprint density at radius 3 is 2.72 bits per heavy atom. The molecule has 0 fully saturated rings. The van der Waals surface area contributed by atoms with Gasteiger partial charge < -0.3 is 24.3 Å². The summed E-state index contributed by atoms with van der Waals surface area (Å²) in [6.45, 7) is 3.58. The van der Waals surface area contributed by atoms with Crippen LogP contribution >= 0.6 is 0 Å². The number of aryl methyl sites for hydroxylation is 1. The molecule has 1 heterocycles. The van der Waals surface area contributed by atoms with E-state index in [0.717, 1.165) is 11.3 Å². The molecule has 0 aliphatic heterocycles. The Hall–Kier alpha value is -2.80. The molecule has 1 unspecified atom stereocenters. The molecule has 0 bridgehead atoms. The topological polar surface area (TPSA) is 98.0 Å². The maximum atomic E-state index is 12.1. The number of ether oxygens (including phenoxy) is 2. The Labute approximate surface area is 145 Å². The molecule has 0 aliphatic rings. The standard InChI is InChI=1S/C18H21NO6/c1-11-16(18(21)22)8-15(25-11)9-19-17(20)12(2)24-10-13-5-4-6-14(7-13)23-3/h4-8,12H,9-10H2,1-3H3,(H,19,20)(H,21,22). The second kappa shape index (κ2) is 8.34. The van der Waals surface area contributed by atoms with Crippen LogP contribution in [0.4, 0.5) is 0 Å². The number of hydrogen-bond donors (Lipinski definition) is 2. The fourth-order valence-corrected chi connectivity index (χ4v) is 2.22. The Kier molecular flexibility index (Phi) is 6.19. The molecule has 0 radical (unpaired) electrons. The third-order valence-corrected chi connectivity index (χ3v) is 3.64. The molecule has 1 amide bonds. The van der Waals surface area contributed by atoms with Crippen LogP contribution in [0, 0.1) is 6.92 Å². The van der Waals surface area contributed by atoms with Gasteiger partial charge in [0.15, 0.2) is 0 Å². The van der Waals surface area contributed by atoms with Crippen molar-refractivity contribution in [1.82, 2.24) is 5.32 Å². The van der Waals surface area contributed by atoms with Crippen LogP contribution in [0.3, 0.4) is 0 Å². The SMILES string of the molecule is COc1cccc(COC(C)C(=O)NCc2cc(C(=O)O)c(C)o2)c1. The highest BCUT2D eigenvalue weighted by Crippen LogP contribution is 2.15. The van der Waals surface area contributed by atoms with E-state index in [1.807, 2.05) is 24.3 Å². The summed E-state index contributed by atoms with van der Waals surface area (Å²) in [5, 5.41) is 11.6. The molecule has 1 aromatic carbocycles. The van der Waals surface area contributed by atoms with Gasteiger partial charge in [0.05, 0.1) is 20.3 Å². The zero-order valence-corrected chi connectivity index (χ0v) is 14.4. The third kappa shape index (κ3) is 5.09. The number of rotatable bonds is 8. The summed E-state index contributed by atoms with van der Waals surface area (Å²) in [4.78, 5) is 23.0. The summed E-state index contributed by atoms with van der Waals surface area (Å²) >= 11 is 0. The second-order valence-electron chi connectivity index (χ2n) is 5.51. The largest absolute Gasteiger partial charge is 0.497 e. The predicted octanol–water partition coefficient (Wildman–Crippen LogP) is 2.52. The molecular formula is C18H21NO6. The van der Waals surface area contributed by atoms with E-state index in [-0.39, 0.29) is 24.6 Å². The van der Waals surface area contributed by atoms with E-state index in [2.05, 4.69) is 5.32 Å². The number of carbonyl (C=O) groups excluding carboxylic acids is 1. The van der Waals surface area contributed by atoms with Crippen LogP contribution in [-0.4, -0.2) is 30.2 Å². The molecule has 0 aliphatic carbocycles. The average molecular weight is 347 g/mol. The number of carboxylic acid groups (broad SMARTS) is 1. The van der Waals surface area contributed by atoms with Gasteiger partial charge >= 0.3 is 5.97 Å². The zero-order chi connectivity index (χ0) is 18.4. The number of carbonyl (C=O) groups is 2. The number of carboxylic acids is 1. The van der Waals surface area contributed by atoms with Crippen molar-refractivity contribution in [3.05, 3.63) is 53.0 Å². The summed E-state index contributed by atoms with van der Waals surface area (Å²) < 4.78 is 16.0. The predicted molar refractivity (Wildman–Crippen MR) is 89.5 cm³/mol. The van der Waals surface area contributed by atoms with E-state index < -0.39 is 12.1 Å². The fraction of sp³-hybridized carbons (Fsp3) is 0.333. The number of benzene rings is 1. The minimum atomic E-state index is -1.06. The van der Waals surface area contributed by atoms with Gasteiger partial charge in [0.25, 0.3) is 0 Å². The van der Waals surface area contributed by atoms with Crippen LogP contribution in [0.5, 0.6) is 5.75 Å². The molecule has 2 N–H and O–H groups in total. The van der Waals surface area contributed by atoms with Crippen molar-refractivity contribution in [3.8, 4) is 5.75 Å². The van der Waals surface area contributed by atoms with E-state index >= 15 is 0 Å². The van der Waals surface area contributed by atoms with Gasteiger partial charge in [0, 0.05) is 0 Å². The van der Waals surface area contributed by atoms with Crippen LogP contribution in [0.15, 0.2) is 34.7 Å². The molecule has 0 saturated heterocycles. The Morgan fingerprint density at radius 2 is 2.08 bits per heavy atom. The molecule has 2 aromatic rings. The van der Waals surface area contributed by atoms with Gasteiger partial charge in [0.1, 0.15) is 28.9 Å². The summed E-state index contributed by atoms with van der Waals surface area (Å²) in [5.74, 6) is 0.0330. The highest BCUT2D eigenvalue weighted by atomic mass is 16.5. The van der Waals surface area contributed by atoms with Crippen LogP contribution in [0.2, 0.25) is 0 Å². The van der Waals surface area contributed by atoms with E-state index in [0.29, 0.717) is 11.5 Å². The maximum absolute atomic E-state index is 12.1. The first-order valence-corrected chi connectivity index (χ1v) is 7.75. The van der Waals surface area contributed by atoms with Crippen molar-refractivity contribution in [2.75, 3.05) is 7.11 Å². The minimum absolute atomic E-state index is 0.0894. The molecule has 7 nitrogen and oxygen atoms in total. The van der Waals surface area contributed by atoms with Crippen molar-refractivity contribution >= 4 is 11.9 Å². The highest BCUT2D eigenvalue weighted by Gasteiger charge is 2.17. The molecule has 0 saturated carbocycles. The number of hydrogen-bond acceptors (Lipinski definition) is 5. The zero-order valence-electron chi connectivity index (χ0n) is 14.4. The first-order chi connectivity index (χ1) is 11.9. The van der Waals surface area contributed by atoms with Crippen LogP contribution in [0.1, 0.15) is 34.4 Å². The van der Waals surface area contributed by atoms with Crippen molar-refractivity contribution in [2.45, 2.75) is 33.1 Å². The highest BCUT2D eigenvalue weighted by molar-refractivity contribution is 5.88. The first kappa shape index (κ1) is 18.5.